The molecule has 28 heavy (non-hydrogen) atoms. The maximum atomic E-state index is 12.4. The number of piperazine rings is 1. The van der Waals surface area contributed by atoms with Gasteiger partial charge in [-0.15, -0.1) is 0 Å². The standard InChI is InChI=1S/C22H23N3O3/c1-17(19-5-3-2-4-6-19)24-11-13-25(14-12-24)21(26)16-28-22(27)20-9-7-18(15-23)8-10-20/h2-10,17H,11-14,16H2,1H3. The van der Waals surface area contributed by atoms with Gasteiger partial charge in [0.25, 0.3) is 5.91 Å². The normalized spacial score (nSPS) is 15.5. The lowest BCUT2D eigenvalue weighted by Crippen LogP contribution is -2.50. The number of carbonyl (C=O) groups excluding carboxylic acids is 2. The third-order valence-electron chi connectivity index (χ3n) is 5.07. The van der Waals surface area contributed by atoms with Crippen LogP contribution in [-0.2, 0) is 9.53 Å². The van der Waals surface area contributed by atoms with Crippen molar-refractivity contribution < 1.29 is 14.3 Å². The van der Waals surface area contributed by atoms with Gasteiger partial charge in [0, 0.05) is 32.2 Å². The first-order chi connectivity index (χ1) is 13.6. The number of amides is 1. The number of esters is 1. The Morgan fingerprint density at radius 2 is 1.68 bits per heavy atom. The first kappa shape index (κ1) is 19.6. The molecule has 0 aliphatic carbocycles. The minimum Gasteiger partial charge on any atom is -0.452 e. The van der Waals surface area contributed by atoms with E-state index in [1.165, 1.54) is 17.7 Å². The molecule has 1 unspecified atom stereocenters. The van der Waals surface area contributed by atoms with Gasteiger partial charge >= 0.3 is 5.97 Å². The summed E-state index contributed by atoms with van der Waals surface area (Å²) in [6.45, 7) is 4.70. The van der Waals surface area contributed by atoms with E-state index in [-0.39, 0.29) is 12.5 Å². The Hall–Kier alpha value is -3.17. The SMILES string of the molecule is CC(c1ccccc1)N1CCN(C(=O)COC(=O)c2ccc(C#N)cc2)CC1. The second-order valence-corrected chi connectivity index (χ2v) is 6.77. The molecular weight excluding hydrogens is 354 g/mol. The Bertz CT molecular complexity index is 851. The van der Waals surface area contributed by atoms with Gasteiger partial charge in [-0.1, -0.05) is 30.3 Å². The van der Waals surface area contributed by atoms with Crippen LogP contribution in [0.1, 0.15) is 34.5 Å². The molecule has 144 valence electrons. The van der Waals surface area contributed by atoms with Crippen LogP contribution in [0.25, 0.3) is 0 Å². The molecule has 0 radical (unpaired) electrons. The van der Waals surface area contributed by atoms with Crippen molar-refractivity contribution in [1.29, 1.82) is 5.26 Å². The minimum absolute atomic E-state index is 0.186. The Balaban J connectivity index is 1.46. The Morgan fingerprint density at radius 1 is 1.04 bits per heavy atom. The van der Waals surface area contributed by atoms with Gasteiger partial charge in [0.2, 0.25) is 0 Å². The highest BCUT2D eigenvalue weighted by molar-refractivity contribution is 5.91. The molecule has 0 N–H and O–H groups in total. The summed E-state index contributed by atoms with van der Waals surface area (Å²) >= 11 is 0. The van der Waals surface area contributed by atoms with Crippen molar-refractivity contribution in [3.05, 3.63) is 71.3 Å². The Morgan fingerprint density at radius 3 is 2.29 bits per heavy atom. The highest BCUT2D eigenvalue weighted by atomic mass is 16.5. The Labute approximate surface area is 164 Å². The molecule has 3 rings (SSSR count). The van der Waals surface area contributed by atoms with Gasteiger partial charge in [0.05, 0.1) is 17.2 Å². The zero-order valence-electron chi connectivity index (χ0n) is 15.9. The van der Waals surface area contributed by atoms with Crippen molar-refractivity contribution in [2.75, 3.05) is 32.8 Å². The third-order valence-corrected chi connectivity index (χ3v) is 5.07. The number of nitrogens with zero attached hydrogens (tertiary/aromatic N) is 3. The van der Waals surface area contributed by atoms with Crippen LogP contribution < -0.4 is 0 Å². The fraction of sp³-hybridized carbons (Fsp3) is 0.318. The highest BCUT2D eigenvalue weighted by Gasteiger charge is 2.25. The van der Waals surface area contributed by atoms with Crippen molar-refractivity contribution in [3.63, 3.8) is 0 Å². The van der Waals surface area contributed by atoms with E-state index < -0.39 is 5.97 Å². The zero-order chi connectivity index (χ0) is 19.9. The number of benzene rings is 2. The van der Waals surface area contributed by atoms with Crippen LogP contribution in [0.4, 0.5) is 0 Å². The van der Waals surface area contributed by atoms with E-state index in [1.807, 2.05) is 24.3 Å². The van der Waals surface area contributed by atoms with Crippen molar-refractivity contribution in [3.8, 4) is 6.07 Å². The van der Waals surface area contributed by atoms with E-state index in [1.54, 1.807) is 17.0 Å². The molecule has 1 heterocycles. The number of hydrogen-bond acceptors (Lipinski definition) is 5. The molecule has 2 aromatic carbocycles. The van der Waals surface area contributed by atoms with Crippen LogP contribution in [0.3, 0.4) is 0 Å². The second-order valence-electron chi connectivity index (χ2n) is 6.77. The molecule has 1 amide bonds. The topological polar surface area (TPSA) is 73.6 Å². The van der Waals surface area contributed by atoms with Crippen LogP contribution in [0, 0.1) is 11.3 Å². The average Bonchev–Trinajstić information content (AvgIpc) is 2.77. The average molecular weight is 377 g/mol. The predicted octanol–water partition coefficient (Wildman–Crippen LogP) is 2.62. The molecule has 1 atom stereocenters. The first-order valence-electron chi connectivity index (χ1n) is 9.32. The van der Waals surface area contributed by atoms with Gasteiger partial charge in [0.15, 0.2) is 6.61 Å². The van der Waals surface area contributed by atoms with Gasteiger partial charge in [-0.3, -0.25) is 9.69 Å². The van der Waals surface area contributed by atoms with Crippen molar-refractivity contribution in [2.24, 2.45) is 0 Å². The van der Waals surface area contributed by atoms with Gasteiger partial charge in [-0.25, -0.2) is 4.79 Å². The summed E-state index contributed by atoms with van der Waals surface area (Å²) in [6.07, 6.45) is 0. The predicted molar refractivity (Wildman–Crippen MR) is 104 cm³/mol. The van der Waals surface area contributed by atoms with Crippen LogP contribution in [-0.4, -0.2) is 54.5 Å². The second kappa shape index (κ2) is 9.16. The lowest BCUT2D eigenvalue weighted by atomic mass is 10.1. The lowest BCUT2D eigenvalue weighted by Gasteiger charge is -2.38. The largest absolute Gasteiger partial charge is 0.452 e. The third kappa shape index (κ3) is 4.76. The Kier molecular flexibility index (Phi) is 6.41. The summed E-state index contributed by atoms with van der Waals surface area (Å²) in [6, 6.07) is 18.7. The molecule has 1 aliphatic heterocycles. The minimum atomic E-state index is -0.561. The first-order valence-corrected chi connectivity index (χ1v) is 9.32. The van der Waals surface area contributed by atoms with Crippen LogP contribution in [0.2, 0.25) is 0 Å². The van der Waals surface area contributed by atoms with Crippen molar-refractivity contribution in [1.82, 2.24) is 9.80 Å². The van der Waals surface area contributed by atoms with Gasteiger partial charge < -0.3 is 9.64 Å². The van der Waals surface area contributed by atoms with Gasteiger partial charge in [-0.05, 0) is 36.8 Å². The summed E-state index contributed by atoms with van der Waals surface area (Å²) in [7, 11) is 0. The quantitative estimate of drug-likeness (QED) is 0.749. The summed E-state index contributed by atoms with van der Waals surface area (Å²) < 4.78 is 5.13. The van der Waals surface area contributed by atoms with E-state index in [2.05, 4.69) is 24.0 Å². The number of rotatable bonds is 5. The molecule has 0 bridgehead atoms. The van der Waals surface area contributed by atoms with Crippen LogP contribution >= 0.6 is 0 Å². The van der Waals surface area contributed by atoms with E-state index >= 15 is 0 Å². The summed E-state index contributed by atoms with van der Waals surface area (Å²) in [5.74, 6) is -0.747. The van der Waals surface area contributed by atoms with E-state index in [0.717, 1.165) is 13.1 Å². The molecule has 1 fully saturated rings. The number of ether oxygens (including phenoxy) is 1. The lowest BCUT2D eigenvalue weighted by molar-refractivity contribution is -0.136. The summed E-state index contributed by atoms with van der Waals surface area (Å²) in [4.78, 5) is 28.5. The molecule has 0 aromatic heterocycles. The molecule has 6 heteroatoms. The van der Waals surface area contributed by atoms with Gasteiger partial charge in [0.1, 0.15) is 0 Å². The van der Waals surface area contributed by atoms with Crippen LogP contribution in [0.5, 0.6) is 0 Å². The highest BCUT2D eigenvalue weighted by Crippen LogP contribution is 2.21. The van der Waals surface area contributed by atoms with E-state index in [4.69, 9.17) is 10.00 Å². The zero-order valence-corrected chi connectivity index (χ0v) is 15.9. The summed E-state index contributed by atoms with van der Waals surface area (Å²) in [5.41, 5.74) is 2.06. The number of hydrogen-bond donors (Lipinski definition) is 0. The molecule has 1 saturated heterocycles. The number of nitriles is 1. The van der Waals surface area contributed by atoms with Crippen molar-refractivity contribution >= 4 is 11.9 Å². The smallest absolute Gasteiger partial charge is 0.338 e. The van der Waals surface area contributed by atoms with Crippen molar-refractivity contribution in [2.45, 2.75) is 13.0 Å². The molecular formula is C22H23N3O3. The molecule has 1 aliphatic rings. The van der Waals surface area contributed by atoms with Crippen LogP contribution in [0.15, 0.2) is 54.6 Å². The molecule has 0 saturated carbocycles. The fourth-order valence-electron chi connectivity index (χ4n) is 3.28. The van der Waals surface area contributed by atoms with E-state index in [0.29, 0.717) is 30.3 Å². The van der Waals surface area contributed by atoms with Gasteiger partial charge in [-0.2, -0.15) is 5.26 Å². The molecule has 0 spiro atoms. The maximum Gasteiger partial charge on any atom is 0.338 e. The van der Waals surface area contributed by atoms with E-state index in [9.17, 15) is 9.59 Å². The maximum absolute atomic E-state index is 12.4. The fourth-order valence-corrected chi connectivity index (χ4v) is 3.28. The monoisotopic (exact) mass is 377 g/mol. The summed E-state index contributed by atoms with van der Waals surface area (Å²) in [5, 5.41) is 8.79. The number of carbonyl (C=O) groups is 2. The molecule has 6 nitrogen and oxygen atoms in total. The molecule has 2 aromatic rings.